The van der Waals surface area contributed by atoms with E-state index in [2.05, 4.69) is 0 Å². The van der Waals surface area contributed by atoms with Crippen molar-refractivity contribution in [2.24, 2.45) is 0 Å². The maximum Gasteiger partial charge on any atom is 0.243 e. The number of nitrogens with zero attached hydrogens (tertiary/aromatic N) is 2. The smallest absolute Gasteiger partial charge is 0.243 e. The SMILES string of the molecule is C[C@@H]1CN(S(=O)(=O)c2ccc3c(c2)CC(=O)N3C)C[C@H](C)O1. The maximum atomic E-state index is 12.8. The summed E-state index contributed by atoms with van der Waals surface area (Å²) in [5.74, 6) is -0.0156. The molecule has 0 saturated carbocycles. The number of fused-ring (bicyclic) bond motifs is 1. The van der Waals surface area contributed by atoms with Gasteiger partial charge in [0, 0.05) is 25.8 Å². The largest absolute Gasteiger partial charge is 0.373 e. The molecule has 2 atom stereocenters. The predicted molar refractivity (Wildman–Crippen MR) is 82.3 cm³/mol. The van der Waals surface area contributed by atoms with Crippen molar-refractivity contribution in [1.29, 1.82) is 0 Å². The van der Waals surface area contributed by atoms with E-state index in [1.165, 1.54) is 4.31 Å². The molecule has 6 nitrogen and oxygen atoms in total. The molecule has 7 heteroatoms. The lowest BCUT2D eigenvalue weighted by Crippen LogP contribution is -2.48. The van der Waals surface area contributed by atoms with Gasteiger partial charge in [-0.15, -0.1) is 0 Å². The first-order valence-corrected chi connectivity index (χ1v) is 8.78. The summed E-state index contributed by atoms with van der Waals surface area (Å²) in [5.41, 5.74) is 1.55. The van der Waals surface area contributed by atoms with Crippen molar-refractivity contribution in [2.75, 3.05) is 25.0 Å². The number of hydrogen-bond acceptors (Lipinski definition) is 4. The zero-order chi connectivity index (χ0) is 16.1. The van der Waals surface area contributed by atoms with Crippen LogP contribution in [0.3, 0.4) is 0 Å². The second kappa shape index (κ2) is 5.33. The van der Waals surface area contributed by atoms with Gasteiger partial charge in [-0.05, 0) is 37.6 Å². The van der Waals surface area contributed by atoms with Gasteiger partial charge in [-0.2, -0.15) is 4.31 Å². The number of anilines is 1. The molecular formula is C15H20N2O4S. The molecule has 1 aromatic rings. The molecule has 120 valence electrons. The number of morpholine rings is 1. The van der Waals surface area contributed by atoms with E-state index in [0.717, 1.165) is 11.3 Å². The van der Waals surface area contributed by atoms with E-state index in [0.29, 0.717) is 13.1 Å². The number of sulfonamides is 1. The van der Waals surface area contributed by atoms with Gasteiger partial charge in [0.2, 0.25) is 15.9 Å². The molecule has 1 fully saturated rings. The zero-order valence-electron chi connectivity index (χ0n) is 12.9. The Morgan fingerprint density at radius 2 is 1.82 bits per heavy atom. The molecular weight excluding hydrogens is 304 g/mol. The number of rotatable bonds is 2. The van der Waals surface area contributed by atoms with Gasteiger partial charge in [0.15, 0.2) is 0 Å². The molecule has 2 aliphatic heterocycles. The summed E-state index contributed by atoms with van der Waals surface area (Å²) in [6.45, 7) is 4.44. The van der Waals surface area contributed by atoms with Crippen molar-refractivity contribution in [3.05, 3.63) is 23.8 Å². The monoisotopic (exact) mass is 324 g/mol. The highest BCUT2D eigenvalue weighted by atomic mass is 32.2. The number of carbonyl (C=O) groups is 1. The van der Waals surface area contributed by atoms with E-state index in [-0.39, 0.29) is 29.4 Å². The highest BCUT2D eigenvalue weighted by molar-refractivity contribution is 7.89. The maximum absolute atomic E-state index is 12.8. The Bertz CT molecular complexity index is 706. The Morgan fingerprint density at radius 1 is 1.18 bits per heavy atom. The van der Waals surface area contributed by atoms with Gasteiger partial charge in [0.05, 0.1) is 23.5 Å². The topological polar surface area (TPSA) is 66.9 Å². The van der Waals surface area contributed by atoms with Crippen molar-refractivity contribution in [1.82, 2.24) is 4.31 Å². The van der Waals surface area contributed by atoms with Gasteiger partial charge in [0.25, 0.3) is 0 Å². The van der Waals surface area contributed by atoms with Crippen LogP contribution in [0.15, 0.2) is 23.1 Å². The molecule has 0 N–H and O–H groups in total. The molecule has 0 aromatic heterocycles. The lowest BCUT2D eigenvalue weighted by molar-refractivity contribution is -0.117. The summed E-state index contributed by atoms with van der Waals surface area (Å²) in [5, 5.41) is 0. The first-order chi connectivity index (χ1) is 10.3. The van der Waals surface area contributed by atoms with E-state index >= 15 is 0 Å². The minimum atomic E-state index is -3.56. The van der Waals surface area contributed by atoms with E-state index in [4.69, 9.17) is 4.74 Å². The Morgan fingerprint density at radius 3 is 2.45 bits per heavy atom. The van der Waals surface area contributed by atoms with Crippen LogP contribution in [0.25, 0.3) is 0 Å². The Balaban J connectivity index is 1.94. The quantitative estimate of drug-likeness (QED) is 0.814. The Kier molecular flexibility index (Phi) is 3.74. The average molecular weight is 324 g/mol. The highest BCUT2D eigenvalue weighted by Gasteiger charge is 2.33. The first-order valence-electron chi connectivity index (χ1n) is 7.34. The molecule has 0 unspecified atom stereocenters. The van der Waals surface area contributed by atoms with E-state index in [1.807, 2.05) is 13.8 Å². The van der Waals surface area contributed by atoms with Crippen LogP contribution >= 0.6 is 0 Å². The van der Waals surface area contributed by atoms with Gasteiger partial charge in [-0.3, -0.25) is 4.79 Å². The fraction of sp³-hybridized carbons (Fsp3) is 0.533. The van der Waals surface area contributed by atoms with Crippen LogP contribution in [0.2, 0.25) is 0 Å². The molecule has 3 rings (SSSR count). The number of carbonyl (C=O) groups excluding carboxylic acids is 1. The summed E-state index contributed by atoms with van der Waals surface area (Å²) < 4.78 is 32.7. The molecule has 1 amide bonds. The van der Waals surface area contributed by atoms with Gasteiger partial charge in [0.1, 0.15) is 0 Å². The number of ether oxygens (including phenoxy) is 1. The average Bonchev–Trinajstić information content (AvgIpc) is 2.72. The summed E-state index contributed by atoms with van der Waals surface area (Å²) in [6, 6.07) is 4.91. The molecule has 2 aliphatic rings. The van der Waals surface area contributed by atoms with Gasteiger partial charge in [-0.25, -0.2) is 8.42 Å². The molecule has 22 heavy (non-hydrogen) atoms. The van der Waals surface area contributed by atoms with Crippen molar-refractivity contribution in [3.8, 4) is 0 Å². The Labute approximate surface area is 130 Å². The summed E-state index contributed by atoms with van der Waals surface area (Å²) in [7, 11) is -1.86. The fourth-order valence-corrected chi connectivity index (χ4v) is 4.72. The van der Waals surface area contributed by atoms with Crippen LogP contribution in [0.1, 0.15) is 19.4 Å². The third-order valence-electron chi connectivity index (χ3n) is 4.15. The van der Waals surface area contributed by atoms with E-state index < -0.39 is 10.0 Å². The third-order valence-corrected chi connectivity index (χ3v) is 5.98. The minimum Gasteiger partial charge on any atom is -0.373 e. The van der Waals surface area contributed by atoms with Crippen LogP contribution in [-0.2, 0) is 26.0 Å². The first kappa shape index (κ1) is 15.5. The standard InChI is InChI=1S/C15H20N2O4S/c1-10-8-17(9-11(2)21-10)22(19,20)13-4-5-14-12(6-13)7-15(18)16(14)3/h4-6,10-11H,7-9H2,1-3H3/t10-,11+. The van der Waals surface area contributed by atoms with E-state index in [1.54, 1.807) is 30.1 Å². The molecule has 0 spiro atoms. The normalized spacial score (nSPS) is 26.3. The number of benzene rings is 1. The third kappa shape index (κ3) is 2.53. The van der Waals surface area contributed by atoms with Gasteiger partial charge in [-0.1, -0.05) is 0 Å². The lowest BCUT2D eigenvalue weighted by atomic mass is 10.2. The van der Waals surface area contributed by atoms with Gasteiger partial charge < -0.3 is 9.64 Å². The van der Waals surface area contributed by atoms with Crippen LogP contribution in [0.4, 0.5) is 5.69 Å². The lowest BCUT2D eigenvalue weighted by Gasteiger charge is -2.34. The number of amides is 1. The highest BCUT2D eigenvalue weighted by Crippen LogP contribution is 2.31. The summed E-state index contributed by atoms with van der Waals surface area (Å²) >= 11 is 0. The van der Waals surface area contributed by atoms with Crippen LogP contribution in [-0.4, -0.2) is 51.0 Å². The van der Waals surface area contributed by atoms with Crippen molar-refractivity contribution < 1.29 is 17.9 Å². The molecule has 1 aromatic carbocycles. The summed E-state index contributed by atoms with van der Waals surface area (Å²) in [4.78, 5) is 13.5. The number of likely N-dealkylation sites (N-methyl/N-ethyl adjacent to an activating group) is 1. The second-order valence-corrected chi connectivity index (χ2v) is 7.94. The molecule has 0 bridgehead atoms. The molecule has 2 heterocycles. The predicted octanol–water partition coefficient (Wildman–Crippen LogP) is 1.00. The zero-order valence-corrected chi connectivity index (χ0v) is 13.8. The van der Waals surface area contributed by atoms with Gasteiger partial charge >= 0.3 is 0 Å². The molecule has 0 aliphatic carbocycles. The number of hydrogen-bond donors (Lipinski definition) is 0. The van der Waals surface area contributed by atoms with E-state index in [9.17, 15) is 13.2 Å². The van der Waals surface area contributed by atoms with Crippen molar-refractivity contribution in [3.63, 3.8) is 0 Å². The van der Waals surface area contributed by atoms with Crippen molar-refractivity contribution >= 4 is 21.6 Å². The molecule has 0 radical (unpaired) electrons. The fourth-order valence-electron chi connectivity index (χ4n) is 3.08. The van der Waals surface area contributed by atoms with Crippen LogP contribution in [0.5, 0.6) is 0 Å². The molecule has 1 saturated heterocycles. The summed E-state index contributed by atoms with van der Waals surface area (Å²) in [6.07, 6.45) is 0.00630. The Hall–Kier alpha value is -1.44. The second-order valence-electron chi connectivity index (χ2n) is 6.00. The van der Waals surface area contributed by atoms with Crippen LogP contribution in [0, 0.1) is 0 Å². The van der Waals surface area contributed by atoms with Crippen molar-refractivity contribution in [2.45, 2.75) is 37.4 Å². The minimum absolute atomic E-state index is 0.0156. The van der Waals surface area contributed by atoms with Crippen LogP contribution < -0.4 is 4.90 Å².